The number of carbonyl (C=O) groups excluding carboxylic acids is 1. The van der Waals surface area contributed by atoms with Gasteiger partial charge in [0.25, 0.3) is 0 Å². The van der Waals surface area contributed by atoms with E-state index in [2.05, 4.69) is 4.74 Å². The lowest BCUT2D eigenvalue weighted by molar-refractivity contribution is -0.248. The molecule has 0 heterocycles. The minimum absolute atomic E-state index is 0.0505. The molecule has 2 unspecified atom stereocenters. The summed E-state index contributed by atoms with van der Waals surface area (Å²) in [6.07, 6.45) is -2.76. The third-order valence-corrected chi connectivity index (χ3v) is 2.70. The highest BCUT2D eigenvalue weighted by atomic mass is 19.4. The Labute approximate surface area is 90.3 Å². The first kappa shape index (κ1) is 13.0. The summed E-state index contributed by atoms with van der Waals surface area (Å²) < 4.78 is 55.7. The van der Waals surface area contributed by atoms with E-state index in [1.807, 2.05) is 0 Å². The van der Waals surface area contributed by atoms with Crippen LogP contribution in [0, 0.1) is 11.8 Å². The van der Waals surface area contributed by atoms with Crippen LogP contribution >= 0.6 is 0 Å². The number of hydrogen-bond donors (Lipinski definition) is 0. The van der Waals surface area contributed by atoms with E-state index in [-0.39, 0.29) is 12.3 Å². The molecule has 0 aromatic rings. The zero-order valence-electron chi connectivity index (χ0n) is 8.84. The molecule has 0 spiro atoms. The minimum Gasteiger partial charge on any atom is -0.466 e. The number of ether oxygens (including phenoxy) is 1. The fourth-order valence-corrected chi connectivity index (χ4v) is 1.80. The maximum absolute atomic E-state index is 13.9. The highest BCUT2D eigenvalue weighted by Gasteiger charge is 2.67. The lowest BCUT2D eigenvalue weighted by Gasteiger charge is -2.29. The van der Waals surface area contributed by atoms with E-state index >= 15 is 0 Å². The van der Waals surface area contributed by atoms with Crippen LogP contribution in [0.4, 0.5) is 17.6 Å². The molecule has 0 N–H and O–H groups in total. The summed E-state index contributed by atoms with van der Waals surface area (Å²) in [6, 6.07) is 0. The average Bonchev–Trinajstić information content (AvgIpc) is 2.60. The second kappa shape index (κ2) is 4.07. The normalized spacial score (nSPS) is 28.9. The molecule has 92 valence electrons. The molecule has 2 nitrogen and oxygen atoms in total. The fraction of sp³-hybridized carbons (Fsp3) is 0.700. The lowest BCUT2D eigenvalue weighted by Crippen LogP contribution is -2.53. The number of hydrogen-bond acceptors (Lipinski definition) is 2. The molecule has 0 aromatic carbocycles. The van der Waals surface area contributed by atoms with Crippen molar-refractivity contribution in [3.05, 3.63) is 12.2 Å². The van der Waals surface area contributed by atoms with Gasteiger partial charge in [0.2, 0.25) is 0 Å². The van der Waals surface area contributed by atoms with Crippen molar-refractivity contribution in [2.45, 2.75) is 25.2 Å². The van der Waals surface area contributed by atoms with Gasteiger partial charge in [-0.1, -0.05) is 19.1 Å². The van der Waals surface area contributed by atoms with E-state index in [1.165, 1.54) is 6.08 Å². The van der Waals surface area contributed by atoms with Gasteiger partial charge in [-0.05, 0) is 12.3 Å². The number of halogens is 4. The van der Waals surface area contributed by atoms with Gasteiger partial charge in [-0.2, -0.15) is 13.2 Å². The number of alkyl halides is 4. The zero-order valence-corrected chi connectivity index (χ0v) is 8.84. The standard InChI is InChI=1S/C10H12F4O2/c1-6-3-4-7(5-6)9(11,8(15)16-2)10(12,13)14/h3-4,6-7H,5H2,1-2H3/t6?,7?,9-/m0/s1. The Hall–Kier alpha value is -1.07. The summed E-state index contributed by atoms with van der Waals surface area (Å²) in [4.78, 5) is 11.0. The number of carbonyl (C=O) groups is 1. The Kier molecular flexibility index (Phi) is 3.30. The molecule has 1 aliphatic carbocycles. The smallest absolute Gasteiger partial charge is 0.434 e. The van der Waals surface area contributed by atoms with Crippen LogP contribution in [0.5, 0.6) is 0 Å². The molecule has 6 heteroatoms. The largest absolute Gasteiger partial charge is 0.466 e. The Bertz CT molecular complexity index is 310. The second-order valence-corrected chi connectivity index (χ2v) is 3.91. The number of esters is 1. The van der Waals surface area contributed by atoms with Crippen LogP contribution in [0.15, 0.2) is 12.2 Å². The van der Waals surface area contributed by atoms with Gasteiger partial charge in [0.05, 0.1) is 7.11 Å². The monoisotopic (exact) mass is 240 g/mol. The topological polar surface area (TPSA) is 26.3 Å². The molecule has 16 heavy (non-hydrogen) atoms. The molecule has 0 amide bonds. The van der Waals surface area contributed by atoms with Gasteiger partial charge in [0.1, 0.15) is 0 Å². The first-order chi connectivity index (χ1) is 7.23. The molecular weight excluding hydrogens is 228 g/mol. The van der Waals surface area contributed by atoms with E-state index in [0.717, 1.165) is 13.2 Å². The lowest BCUT2D eigenvalue weighted by atomic mass is 9.86. The van der Waals surface area contributed by atoms with E-state index in [0.29, 0.717) is 0 Å². The Balaban J connectivity index is 3.06. The van der Waals surface area contributed by atoms with Crippen molar-refractivity contribution in [1.29, 1.82) is 0 Å². The molecule has 0 bridgehead atoms. The highest BCUT2D eigenvalue weighted by molar-refractivity contribution is 5.81. The van der Waals surface area contributed by atoms with Crippen LogP contribution in [0.2, 0.25) is 0 Å². The molecule has 0 saturated carbocycles. The van der Waals surface area contributed by atoms with Crippen molar-refractivity contribution in [2.75, 3.05) is 7.11 Å². The second-order valence-electron chi connectivity index (χ2n) is 3.91. The molecular formula is C10H12F4O2. The molecule has 1 aliphatic rings. The number of methoxy groups -OCH3 is 1. The number of allylic oxidation sites excluding steroid dienone is 2. The van der Waals surface area contributed by atoms with Crippen LogP contribution in [0.25, 0.3) is 0 Å². The van der Waals surface area contributed by atoms with Crippen molar-refractivity contribution in [1.82, 2.24) is 0 Å². The predicted molar refractivity (Wildman–Crippen MR) is 48.3 cm³/mol. The van der Waals surface area contributed by atoms with Crippen molar-refractivity contribution in [2.24, 2.45) is 11.8 Å². The summed E-state index contributed by atoms with van der Waals surface area (Å²) in [5.41, 5.74) is -3.94. The quantitative estimate of drug-likeness (QED) is 0.421. The van der Waals surface area contributed by atoms with Gasteiger partial charge in [-0.3, -0.25) is 0 Å². The molecule has 0 fully saturated rings. The van der Waals surface area contributed by atoms with Crippen LogP contribution in [0.1, 0.15) is 13.3 Å². The summed E-state index contributed by atoms with van der Waals surface area (Å²) in [7, 11) is 0.741. The van der Waals surface area contributed by atoms with Gasteiger partial charge >= 0.3 is 17.8 Å². The van der Waals surface area contributed by atoms with Gasteiger partial charge in [0, 0.05) is 5.92 Å². The first-order valence-electron chi connectivity index (χ1n) is 4.75. The SMILES string of the molecule is COC(=O)[C@@](F)(C1C=CC(C)C1)C(F)(F)F. The van der Waals surface area contributed by atoms with Crippen LogP contribution in [-0.4, -0.2) is 24.9 Å². The maximum Gasteiger partial charge on any atom is 0.434 e. The molecule has 3 atom stereocenters. The Morgan fingerprint density at radius 1 is 1.31 bits per heavy atom. The average molecular weight is 240 g/mol. The van der Waals surface area contributed by atoms with E-state index in [4.69, 9.17) is 0 Å². The van der Waals surface area contributed by atoms with Crippen molar-refractivity contribution >= 4 is 5.97 Å². The van der Waals surface area contributed by atoms with E-state index in [9.17, 15) is 22.4 Å². The molecule has 0 aromatic heterocycles. The van der Waals surface area contributed by atoms with Crippen LogP contribution in [-0.2, 0) is 9.53 Å². The third-order valence-electron chi connectivity index (χ3n) is 2.70. The van der Waals surface area contributed by atoms with Gasteiger partial charge in [0.15, 0.2) is 0 Å². The van der Waals surface area contributed by atoms with Gasteiger partial charge in [-0.25, -0.2) is 9.18 Å². The van der Waals surface area contributed by atoms with Crippen molar-refractivity contribution < 1.29 is 27.1 Å². The molecule has 0 aliphatic heterocycles. The third kappa shape index (κ3) is 1.92. The van der Waals surface area contributed by atoms with Crippen molar-refractivity contribution in [3.8, 4) is 0 Å². The molecule has 0 radical (unpaired) electrons. The zero-order chi connectivity index (χ0) is 12.6. The highest BCUT2D eigenvalue weighted by Crippen LogP contribution is 2.46. The van der Waals surface area contributed by atoms with Crippen LogP contribution in [0.3, 0.4) is 0 Å². The Morgan fingerprint density at radius 3 is 2.19 bits per heavy atom. The first-order valence-corrected chi connectivity index (χ1v) is 4.75. The van der Waals surface area contributed by atoms with Gasteiger partial charge < -0.3 is 4.74 Å². The molecule has 0 saturated heterocycles. The Morgan fingerprint density at radius 2 is 1.88 bits per heavy atom. The minimum atomic E-state index is -5.26. The summed E-state index contributed by atoms with van der Waals surface area (Å²) in [5.74, 6) is -3.56. The van der Waals surface area contributed by atoms with Crippen LogP contribution < -0.4 is 0 Å². The van der Waals surface area contributed by atoms with E-state index < -0.39 is 23.7 Å². The van der Waals surface area contributed by atoms with Gasteiger partial charge in [-0.15, -0.1) is 0 Å². The summed E-state index contributed by atoms with van der Waals surface area (Å²) in [6.45, 7) is 1.66. The summed E-state index contributed by atoms with van der Waals surface area (Å²) >= 11 is 0. The maximum atomic E-state index is 13.9. The molecule has 1 rings (SSSR count). The van der Waals surface area contributed by atoms with E-state index in [1.54, 1.807) is 6.92 Å². The van der Waals surface area contributed by atoms with Crippen molar-refractivity contribution in [3.63, 3.8) is 0 Å². The summed E-state index contributed by atoms with van der Waals surface area (Å²) in [5, 5.41) is 0. The number of rotatable bonds is 2. The fourth-order valence-electron chi connectivity index (χ4n) is 1.80. The predicted octanol–water partition coefficient (Wildman–Crippen LogP) is 2.64.